The lowest BCUT2D eigenvalue weighted by molar-refractivity contribution is -0.230. The van der Waals surface area contributed by atoms with Gasteiger partial charge in [0, 0.05) is 23.3 Å². The molecular weight excluding hydrogens is 355 g/mol. The Balaban J connectivity index is 1.53. The lowest BCUT2D eigenvalue weighted by atomic mass is 9.48. The Morgan fingerprint density at radius 1 is 1.24 bits per heavy atom. The van der Waals surface area contributed by atoms with Gasteiger partial charge in [-0.25, -0.2) is 13.2 Å². The van der Waals surface area contributed by atoms with E-state index < -0.39 is 29.5 Å². The SMILES string of the molecule is NC(=O)c1cc(Cl)c(OCC23CC4CC(C2)C(F)(F)C(C4)C3)cc1F. The van der Waals surface area contributed by atoms with Crippen molar-refractivity contribution in [1.29, 1.82) is 0 Å². The Labute approximate surface area is 148 Å². The van der Waals surface area contributed by atoms with Gasteiger partial charge in [-0.3, -0.25) is 4.79 Å². The van der Waals surface area contributed by atoms with Crippen molar-refractivity contribution in [1.82, 2.24) is 0 Å². The van der Waals surface area contributed by atoms with E-state index in [0.29, 0.717) is 31.6 Å². The van der Waals surface area contributed by atoms with Crippen molar-refractivity contribution in [2.45, 2.75) is 38.0 Å². The maximum Gasteiger partial charge on any atom is 0.253 e. The molecule has 2 atom stereocenters. The average Bonchev–Trinajstić information content (AvgIpc) is 2.52. The highest BCUT2D eigenvalue weighted by Crippen LogP contribution is 2.65. The molecule has 0 heterocycles. The van der Waals surface area contributed by atoms with Crippen LogP contribution >= 0.6 is 11.6 Å². The summed E-state index contributed by atoms with van der Waals surface area (Å²) < 4.78 is 48.3. The number of nitrogens with two attached hydrogens (primary N) is 1. The maximum absolute atomic E-state index is 14.3. The van der Waals surface area contributed by atoms with Crippen LogP contribution in [0, 0.1) is 29.0 Å². The number of hydrogen-bond donors (Lipinski definition) is 1. The normalized spacial score (nSPS) is 35.0. The zero-order chi connectivity index (χ0) is 18.0. The second kappa shape index (κ2) is 5.53. The molecule has 136 valence electrons. The molecule has 0 saturated heterocycles. The van der Waals surface area contributed by atoms with E-state index in [1.54, 1.807) is 0 Å². The summed E-state index contributed by atoms with van der Waals surface area (Å²) in [4.78, 5) is 11.1. The highest BCUT2D eigenvalue weighted by atomic mass is 35.5. The monoisotopic (exact) mass is 373 g/mol. The predicted molar refractivity (Wildman–Crippen MR) is 86.4 cm³/mol. The molecule has 4 aliphatic carbocycles. The van der Waals surface area contributed by atoms with Crippen LogP contribution in [0.15, 0.2) is 12.1 Å². The third-order valence-electron chi connectivity index (χ3n) is 6.23. The molecule has 4 aliphatic rings. The number of ether oxygens (including phenoxy) is 1. The quantitative estimate of drug-likeness (QED) is 0.849. The molecule has 0 aliphatic heterocycles. The molecule has 0 aromatic heterocycles. The summed E-state index contributed by atoms with van der Waals surface area (Å²) in [5.41, 5.74) is 4.50. The van der Waals surface area contributed by atoms with Gasteiger partial charge in [-0.1, -0.05) is 11.6 Å². The molecule has 4 saturated carbocycles. The van der Waals surface area contributed by atoms with Crippen LogP contribution < -0.4 is 10.5 Å². The van der Waals surface area contributed by atoms with Gasteiger partial charge in [0.05, 0.1) is 17.2 Å². The Morgan fingerprint density at radius 2 is 1.88 bits per heavy atom. The van der Waals surface area contributed by atoms with Gasteiger partial charge >= 0.3 is 0 Å². The van der Waals surface area contributed by atoms with Crippen LogP contribution in [0.2, 0.25) is 5.02 Å². The standard InChI is InChI=1S/C18H19ClF3NO2/c19-13-3-12(16(23)24)14(20)4-15(13)25-8-17-5-9-1-10(6-17)18(21,22)11(2-9)7-17/h3-4,9-11H,1-2,5-8H2,(H2,23,24). The highest BCUT2D eigenvalue weighted by Gasteiger charge is 2.63. The molecule has 3 nitrogen and oxygen atoms in total. The molecule has 2 N–H and O–H groups in total. The van der Waals surface area contributed by atoms with Gasteiger partial charge in [0.2, 0.25) is 0 Å². The Hall–Kier alpha value is -1.43. The summed E-state index contributed by atoms with van der Waals surface area (Å²) in [6, 6.07) is 2.18. The highest BCUT2D eigenvalue weighted by molar-refractivity contribution is 6.32. The molecule has 0 radical (unpaired) electrons. The first-order valence-corrected chi connectivity index (χ1v) is 8.87. The van der Waals surface area contributed by atoms with Crippen LogP contribution in [0.4, 0.5) is 13.2 Å². The summed E-state index contributed by atoms with van der Waals surface area (Å²) in [5.74, 6) is -5.00. The van der Waals surface area contributed by atoms with Gasteiger partial charge < -0.3 is 10.5 Å². The van der Waals surface area contributed by atoms with E-state index in [4.69, 9.17) is 22.1 Å². The summed E-state index contributed by atoms with van der Waals surface area (Å²) in [6.07, 6.45) is 2.93. The van der Waals surface area contributed by atoms with E-state index >= 15 is 0 Å². The van der Waals surface area contributed by atoms with Crippen LogP contribution in [-0.2, 0) is 0 Å². The van der Waals surface area contributed by atoms with Crippen molar-refractivity contribution < 1.29 is 22.7 Å². The number of rotatable bonds is 4. The first-order valence-electron chi connectivity index (χ1n) is 8.50. The molecular formula is C18H19ClF3NO2. The second-order valence-electron chi connectivity index (χ2n) is 7.93. The first kappa shape index (κ1) is 17.0. The smallest absolute Gasteiger partial charge is 0.253 e. The molecule has 1 aromatic rings. The number of primary amides is 1. The Kier molecular flexibility index (Phi) is 3.76. The van der Waals surface area contributed by atoms with E-state index in [2.05, 4.69) is 0 Å². The summed E-state index contributed by atoms with van der Waals surface area (Å²) >= 11 is 6.06. The Morgan fingerprint density at radius 3 is 2.48 bits per heavy atom. The van der Waals surface area contributed by atoms with Crippen LogP contribution in [-0.4, -0.2) is 18.4 Å². The fraction of sp³-hybridized carbons (Fsp3) is 0.611. The van der Waals surface area contributed by atoms with Crippen LogP contribution in [0.5, 0.6) is 5.75 Å². The third kappa shape index (κ3) is 2.69. The molecule has 1 amide bonds. The lowest BCUT2D eigenvalue weighted by Crippen LogP contribution is -2.58. The second-order valence-corrected chi connectivity index (χ2v) is 8.34. The van der Waals surface area contributed by atoms with Gasteiger partial charge in [-0.2, -0.15) is 0 Å². The maximum atomic E-state index is 14.3. The molecule has 1 aromatic carbocycles. The zero-order valence-electron chi connectivity index (χ0n) is 13.5. The predicted octanol–water partition coefficient (Wildman–Crippen LogP) is 4.42. The van der Waals surface area contributed by atoms with Gasteiger partial charge in [0.15, 0.2) is 0 Å². The number of carbonyl (C=O) groups excluding carboxylic acids is 1. The number of carbonyl (C=O) groups is 1. The van der Waals surface area contributed by atoms with Crippen molar-refractivity contribution in [2.24, 2.45) is 28.9 Å². The molecule has 7 heteroatoms. The third-order valence-corrected chi connectivity index (χ3v) is 6.52. The first-order chi connectivity index (χ1) is 11.7. The van der Waals surface area contributed by atoms with Crippen molar-refractivity contribution in [3.63, 3.8) is 0 Å². The molecule has 0 spiro atoms. The van der Waals surface area contributed by atoms with Crippen LogP contribution in [0.3, 0.4) is 0 Å². The molecule has 4 fully saturated rings. The number of benzene rings is 1. The minimum absolute atomic E-state index is 0.0882. The number of alkyl halides is 2. The van der Waals surface area contributed by atoms with Crippen LogP contribution in [0.25, 0.3) is 0 Å². The molecule has 25 heavy (non-hydrogen) atoms. The molecule has 4 bridgehead atoms. The minimum Gasteiger partial charge on any atom is -0.491 e. The van der Waals surface area contributed by atoms with Gasteiger partial charge in [0.25, 0.3) is 11.8 Å². The largest absolute Gasteiger partial charge is 0.491 e. The lowest BCUT2D eigenvalue weighted by Gasteiger charge is -2.59. The number of halogens is 4. The van der Waals surface area contributed by atoms with E-state index in [9.17, 15) is 18.0 Å². The topological polar surface area (TPSA) is 52.3 Å². The van der Waals surface area contributed by atoms with Crippen LogP contribution in [0.1, 0.15) is 42.5 Å². The number of hydrogen-bond acceptors (Lipinski definition) is 2. The fourth-order valence-corrected chi connectivity index (χ4v) is 5.52. The summed E-state index contributed by atoms with van der Waals surface area (Å²) in [5, 5.41) is 0.0882. The van der Waals surface area contributed by atoms with E-state index in [0.717, 1.165) is 18.6 Å². The molecule has 5 rings (SSSR count). The van der Waals surface area contributed by atoms with Gasteiger partial charge in [-0.05, 0) is 44.1 Å². The minimum atomic E-state index is -2.58. The van der Waals surface area contributed by atoms with Crippen molar-refractivity contribution in [3.8, 4) is 5.75 Å². The van der Waals surface area contributed by atoms with E-state index in [1.807, 2.05) is 0 Å². The van der Waals surface area contributed by atoms with E-state index in [-0.39, 0.29) is 28.4 Å². The van der Waals surface area contributed by atoms with Gasteiger partial charge in [-0.15, -0.1) is 0 Å². The van der Waals surface area contributed by atoms with Crippen molar-refractivity contribution >= 4 is 17.5 Å². The van der Waals surface area contributed by atoms with Crippen molar-refractivity contribution in [3.05, 3.63) is 28.5 Å². The summed E-state index contributed by atoms with van der Waals surface area (Å²) in [6.45, 7) is 0.238. The number of amides is 1. The average molecular weight is 374 g/mol. The molecule has 2 unspecified atom stereocenters. The fourth-order valence-electron chi connectivity index (χ4n) is 5.30. The van der Waals surface area contributed by atoms with Crippen molar-refractivity contribution in [2.75, 3.05) is 6.61 Å². The Bertz CT molecular complexity index is 721. The zero-order valence-corrected chi connectivity index (χ0v) is 14.3. The summed E-state index contributed by atoms with van der Waals surface area (Å²) in [7, 11) is 0. The van der Waals surface area contributed by atoms with E-state index in [1.165, 1.54) is 0 Å². The van der Waals surface area contributed by atoms with Gasteiger partial charge in [0.1, 0.15) is 11.6 Å².